The van der Waals surface area contributed by atoms with Gasteiger partial charge in [-0.15, -0.1) is 0 Å². The maximum Gasteiger partial charge on any atom is 0.359 e. The zero-order valence-electron chi connectivity index (χ0n) is 22.4. The Kier molecular flexibility index (Phi) is 11.2. The SMILES string of the molecule is B[C@@H]1O[C@H](CC(C)(CC)OP(C)(=O)C(CC)C(C)(CC)OP(=O)(O)C(O)(CC)CC)[C@@H](O)[C@H]1O. The Balaban J connectivity index is 3.24. The topological polar surface area (TPSA) is 143 Å². The molecule has 12 heteroatoms. The van der Waals surface area contributed by atoms with Crippen LogP contribution in [0.2, 0.25) is 0 Å². The van der Waals surface area contributed by atoms with Gasteiger partial charge in [0.1, 0.15) is 20.1 Å². The van der Waals surface area contributed by atoms with Gasteiger partial charge in [-0.3, -0.25) is 13.7 Å². The van der Waals surface area contributed by atoms with Crippen molar-refractivity contribution >= 4 is 22.8 Å². The summed E-state index contributed by atoms with van der Waals surface area (Å²) in [5.41, 5.74) is -2.98. The lowest BCUT2D eigenvalue weighted by atomic mass is 9.90. The molecule has 1 saturated heterocycles. The lowest BCUT2D eigenvalue weighted by Gasteiger charge is -2.45. The maximum absolute atomic E-state index is 14.1. The van der Waals surface area contributed by atoms with Crippen molar-refractivity contribution in [2.75, 3.05) is 6.66 Å². The summed E-state index contributed by atoms with van der Waals surface area (Å²) in [6.45, 7) is 13.6. The van der Waals surface area contributed by atoms with Crippen molar-refractivity contribution in [1.29, 1.82) is 0 Å². The fourth-order valence-corrected chi connectivity index (χ4v) is 9.88. The predicted molar refractivity (Wildman–Crippen MR) is 136 cm³/mol. The van der Waals surface area contributed by atoms with Crippen LogP contribution in [0, 0.1) is 0 Å². The minimum absolute atomic E-state index is 0.0377. The molecule has 0 aliphatic carbocycles. The van der Waals surface area contributed by atoms with Crippen molar-refractivity contribution in [1.82, 2.24) is 0 Å². The van der Waals surface area contributed by atoms with Gasteiger partial charge < -0.3 is 29.5 Å². The molecule has 34 heavy (non-hydrogen) atoms. The molecule has 1 rings (SSSR count). The zero-order chi connectivity index (χ0) is 26.8. The van der Waals surface area contributed by atoms with Crippen LogP contribution >= 0.6 is 15.0 Å². The second-order valence-electron chi connectivity index (χ2n) is 10.3. The van der Waals surface area contributed by atoms with Crippen LogP contribution in [0.4, 0.5) is 0 Å². The molecule has 1 heterocycles. The Morgan fingerprint density at radius 3 is 1.85 bits per heavy atom. The predicted octanol–water partition coefficient (Wildman–Crippen LogP) is 3.21. The van der Waals surface area contributed by atoms with E-state index in [1.165, 1.54) is 6.66 Å². The Labute approximate surface area is 206 Å². The van der Waals surface area contributed by atoms with Crippen molar-refractivity contribution in [2.24, 2.45) is 0 Å². The van der Waals surface area contributed by atoms with Crippen LogP contribution in [0.1, 0.15) is 87.0 Å². The number of hydrogen-bond acceptors (Lipinski definition) is 8. The summed E-state index contributed by atoms with van der Waals surface area (Å²) >= 11 is 0. The van der Waals surface area contributed by atoms with Gasteiger partial charge in [0.25, 0.3) is 0 Å². The first-order chi connectivity index (χ1) is 15.4. The molecule has 0 radical (unpaired) electrons. The van der Waals surface area contributed by atoms with Gasteiger partial charge in [-0.05, 0) is 46.0 Å². The first-order valence-electron chi connectivity index (χ1n) is 12.5. The first kappa shape index (κ1) is 32.3. The highest BCUT2D eigenvalue weighted by atomic mass is 31.2. The molecule has 0 aromatic heterocycles. The molecule has 9 nitrogen and oxygen atoms in total. The highest BCUT2D eigenvalue weighted by Gasteiger charge is 2.54. The molecule has 0 bridgehead atoms. The van der Waals surface area contributed by atoms with Gasteiger partial charge in [0.15, 0.2) is 5.34 Å². The average molecular weight is 528 g/mol. The van der Waals surface area contributed by atoms with E-state index in [2.05, 4.69) is 0 Å². The van der Waals surface area contributed by atoms with E-state index in [0.29, 0.717) is 12.8 Å². The number of aliphatic hydroxyl groups is 3. The number of aliphatic hydroxyl groups excluding tert-OH is 2. The Hall–Kier alpha value is 0.245. The molecule has 0 spiro atoms. The fourth-order valence-electron chi connectivity index (χ4n) is 4.91. The molecule has 4 N–H and O–H groups in total. The van der Waals surface area contributed by atoms with Gasteiger partial charge in [-0.2, -0.15) is 0 Å². The normalized spacial score (nSPS) is 31.8. The van der Waals surface area contributed by atoms with E-state index in [1.807, 2.05) is 13.8 Å². The molecule has 0 aromatic carbocycles. The van der Waals surface area contributed by atoms with Crippen LogP contribution in [0.25, 0.3) is 0 Å². The van der Waals surface area contributed by atoms with Crippen molar-refractivity contribution < 1.29 is 43.1 Å². The van der Waals surface area contributed by atoms with E-state index < -0.39 is 61.5 Å². The maximum atomic E-state index is 14.1. The van der Waals surface area contributed by atoms with Crippen LogP contribution in [-0.2, 0) is 22.9 Å². The third kappa shape index (κ3) is 6.76. The quantitative estimate of drug-likeness (QED) is 0.197. The van der Waals surface area contributed by atoms with E-state index in [9.17, 15) is 29.3 Å². The van der Waals surface area contributed by atoms with Gasteiger partial charge in [-0.25, -0.2) is 0 Å². The first-order valence-corrected chi connectivity index (χ1v) is 16.2. The minimum Gasteiger partial charge on any atom is -0.388 e. The third-order valence-corrected chi connectivity index (χ3v) is 12.9. The number of rotatable bonds is 14. The molecular formula is C22H47BO9P2. The summed E-state index contributed by atoms with van der Waals surface area (Å²) in [5, 5.41) is 29.2. The third-order valence-electron chi connectivity index (χ3n) is 7.73. The van der Waals surface area contributed by atoms with Crippen molar-refractivity contribution in [3.8, 4) is 0 Å². The van der Waals surface area contributed by atoms with Gasteiger partial charge in [-0.1, -0.05) is 34.6 Å². The van der Waals surface area contributed by atoms with E-state index in [1.54, 1.807) is 42.5 Å². The Morgan fingerprint density at radius 2 is 1.50 bits per heavy atom. The highest BCUT2D eigenvalue weighted by molar-refractivity contribution is 7.59. The molecule has 0 aromatic rings. The molecule has 9 atom stereocenters. The fraction of sp³-hybridized carbons (Fsp3) is 1.00. The van der Waals surface area contributed by atoms with E-state index in [4.69, 9.17) is 13.8 Å². The Morgan fingerprint density at radius 1 is 0.971 bits per heavy atom. The highest BCUT2D eigenvalue weighted by Crippen LogP contribution is 2.65. The number of hydrogen-bond donors (Lipinski definition) is 4. The molecule has 1 fully saturated rings. The lowest BCUT2D eigenvalue weighted by Crippen LogP contribution is -2.45. The molecule has 1 aliphatic rings. The van der Waals surface area contributed by atoms with Crippen LogP contribution in [0.3, 0.4) is 0 Å². The van der Waals surface area contributed by atoms with Gasteiger partial charge in [0, 0.05) is 13.1 Å². The smallest absolute Gasteiger partial charge is 0.359 e. The molecule has 0 saturated carbocycles. The van der Waals surface area contributed by atoms with Crippen LogP contribution in [0.5, 0.6) is 0 Å². The Bertz CT molecular complexity index is 765. The minimum atomic E-state index is -4.50. The average Bonchev–Trinajstić information content (AvgIpc) is 2.98. The van der Waals surface area contributed by atoms with Crippen LogP contribution < -0.4 is 0 Å². The van der Waals surface area contributed by atoms with Gasteiger partial charge in [0.2, 0.25) is 7.37 Å². The van der Waals surface area contributed by atoms with Gasteiger partial charge in [0.05, 0.1) is 29.0 Å². The standard InChI is InChI=1S/C22H47BO9P2/c1-9-16(21(7,11-3)32-34(28,29)22(26,12-4)13-5)33(8,27)31-20(6,10-2)14-15-17(24)18(25)19(23)30-15/h15-19,24-26H,9-14,23H2,1-8H3,(H,28,29)/t15-,16?,17-,18-,19-,20?,21?,33?/m1/s1. The van der Waals surface area contributed by atoms with Gasteiger partial charge >= 0.3 is 7.60 Å². The summed E-state index contributed by atoms with van der Waals surface area (Å²) in [6.07, 6.45) is -1.37. The molecule has 1 aliphatic heterocycles. The van der Waals surface area contributed by atoms with E-state index >= 15 is 0 Å². The molecular weight excluding hydrogens is 481 g/mol. The molecule has 202 valence electrons. The molecule has 0 amide bonds. The monoisotopic (exact) mass is 528 g/mol. The summed E-state index contributed by atoms with van der Waals surface area (Å²) in [4.78, 5) is 10.7. The second-order valence-corrected chi connectivity index (χ2v) is 14.9. The summed E-state index contributed by atoms with van der Waals surface area (Å²) in [5.74, 6) is 0. The lowest BCUT2D eigenvalue weighted by molar-refractivity contribution is -0.0354. The summed E-state index contributed by atoms with van der Waals surface area (Å²) in [6, 6.07) is -0.524. The van der Waals surface area contributed by atoms with Crippen molar-refractivity contribution in [2.45, 2.75) is 134 Å². The second kappa shape index (κ2) is 11.7. The van der Waals surface area contributed by atoms with E-state index in [0.717, 1.165) is 0 Å². The zero-order valence-corrected chi connectivity index (χ0v) is 24.1. The summed E-state index contributed by atoms with van der Waals surface area (Å²) in [7, 11) is -6.29. The number of ether oxygens (including phenoxy) is 1. The van der Waals surface area contributed by atoms with Crippen molar-refractivity contribution in [3.05, 3.63) is 0 Å². The van der Waals surface area contributed by atoms with Crippen molar-refractivity contribution in [3.63, 3.8) is 0 Å². The molecule has 5 unspecified atom stereocenters. The van der Waals surface area contributed by atoms with E-state index in [-0.39, 0.29) is 25.7 Å². The van der Waals surface area contributed by atoms with Crippen LogP contribution in [0.15, 0.2) is 0 Å². The van der Waals surface area contributed by atoms with Crippen LogP contribution in [-0.4, -0.2) is 81.2 Å². The summed E-state index contributed by atoms with van der Waals surface area (Å²) < 4.78 is 45.1. The largest absolute Gasteiger partial charge is 0.388 e.